The van der Waals surface area contributed by atoms with Gasteiger partial charge in [0.2, 0.25) is 11.8 Å². The Morgan fingerprint density at radius 1 is 1.12 bits per heavy atom. The van der Waals surface area contributed by atoms with Crippen molar-refractivity contribution in [3.8, 4) is 5.88 Å². The Bertz CT molecular complexity index is 720. The summed E-state index contributed by atoms with van der Waals surface area (Å²) in [5.41, 5.74) is 1.10. The van der Waals surface area contributed by atoms with E-state index < -0.39 is 11.7 Å². The Labute approximate surface area is 145 Å². The normalized spacial score (nSPS) is 10.2. The largest absolute Gasteiger partial charge is 0.478 e. The van der Waals surface area contributed by atoms with Crippen molar-refractivity contribution in [3.05, 3.63) is 59.5 Å². The summed E-state index contributed by atoms with van der Waals surface area (Å²) in [6.45, 7) is 2.67. The van der Waals surface area contributed by atoms with Gasteiger partial charge in [-0.1, -0.05) is 6.07 Å². The lowest BCUT2D eigenvalue weighted by Crippen LogP contribution is -2.37. The van der Waals surface area contributed by atoms with E-state index in [0.29, 0.717) is 31.0 Å². The summed E-state index contributed by atoms with van der Waals surface area (Å²) in [4.78, 5) is 27.9. The van der Waals surface area contributed by atoms with Gasteiger partial charge in [0.15, 0.2) is 0 Å². The van der Waals surface area contributed by atoms with Gasteiger partial charge in [-0.05, 0) is 37.3 Å². The lowest BCUT2D eigenvalue weighted by Gasteiger charge is -2.08. The number of rotatable bonds is 8. The molecule has 0 atom stereocenters. The second-order valence-electron chi connectivity index (χ2n) is 5.19. The highest BCUT2D eigenvalue weighted by Crippen LogP contribution is 2.07. The van der Waals surface area contributed by atoms with Crippen molar-refractivity contribution >= 4 is 11.8 Å². The predicted molar refractivity (Wildman–Crippen MR) is 90.9 cm³/mol. The number of amides is 2. The number of nitrogens with one attached hydrogen (secondary N) is 2. The zero-order valence-corrected chi connectivity index (χ0v) is 13.9. The molecule has 2 N–H and O–H groups in total. The standard InChI is InChI=1S/C18H20FN3O3/c1-2-25-17-5-3-4-15(22-17)10-11-20-16(23)12-21-18(24)13-6-8-14(19)9-7-13/h3-9H,2,10-12H2,1H3,(H,20,23)(H,21,24). The quantitative estimate of drug-likeness (QED) is 0.763. The van der Waals surface area contributed by atoms with Gasteiger partial charge in [-0.15, -0.1) is 0 Å². The predicted octanol–water partition coefficient (Wildman–Crippen LogP) is 1.71. The van der Waals surface area contributed by atoms with Crippen LogP contribution in [0.1, 0.15) is 23.0 Å². The van der Waals surface area contributed by atoms with Crippen molar-refractivity contribution in [3.63, 3.8) is 0 Å². The van der Waals surface area contributed by atoms with Gasteiger partial charge >= 0.3 is 0 Å². The molecular formula is C18H20FN3O3. The van der Waals surface area contributed by atoms with Crippen LogP contribution in [0.5, 0.6) is 5.88 Å². The number of aromatic nitrogens is 1. The van der Waals surface area contributed by atoms with Crippen molar-refractivity contribution in [1.29, 1.82) is 0 Å². The van der Waals surface area contributed by atoms with Crippen LogP contribution < -0.4 is 15.4 Å². The van der Waals surface area contributed by atoms with E-state index in [-0.39, 0.29) is 12.5 Å². The fraction of sp³-hybridized carbons (Fsp3) is 0.278. The maximum Gasteiger partial charge on any atom is 0.251 e. The van der Waals surface area contributed by atoms with Crippen LogP contribution in [0.25, 0.3) is 0 Å². The van der Waals surface area contributed by atoms with Gasteiger partial charge in [0.05, 0.1) is 13.2 Å². The van der Waals surface area contributed by atoms with E-state index in [4.69, 9.17) is 4.74 Å². The minimum Gasteiger partial charge on any atom is -0.478 e. The van der Waals surface area contributed by atoms with E-state index in [1.165, 1.54) is 24.3 Å². The number of halogens is 1. The molecule has 2 amide bonds. The number of nitrogens with zero attached hydrogens (tertiary/aromatic N) is 1. The molecule has 0 aliphatic carbocycles. The lowest BCUT2D eigenvalue weighted by atomic mass is 10.2. The third kappa shape index (κ3) is 6.21. The SMILES string of the molecule is CCOc1cccc(CCNC(=O)CNC(=O)c2ccc(F)cc2)n1. The molecule has 1 heterocycles. The fourth-order valence-electron chi connectivity index (χ4n) is 2.08. The third-order valence-electron chi connectivity index (χ3n) is 3.29. The summed E-state index contributed by atoms with van der Waals surface area (Å²) in [6, 6.07) is 10.6. The van der Waals surface area contributed by atoms with Gasteiger partial charge in [0.1, 0.15) is 5.82 Å². The molecule has 1 aromatic carbocycles. The van der Waals surface area contributed by atoms with Crippen molar-refractivity contribution < 1.29 is 18.7 Å². The van der Waals surface area contributed by atoms with E-state index in [1.54, 1.807) is 6.07 Å². The third-order valence-corrected chi connectivity index (χ3v) is 3.29. The molecule has 0 unspecified atom stereocenters. The summed E-state index contributed by atoms with van der Waals surface area (Å²) in [7, 11) is 0. The van der Waals surface area contributed by atoms with Crippen LogP contribution in [0.15, 0.2) is 42.5 Å². The first-order valence-corrected chi connectivity index (χ1v) is 7.97. The average molecular weight is 345 g/mol. The van der Waals surface area contributed by atoms with E-state index in [0.717, 1.165) is 5.69 Å². The number of hydrogen-bond donors (Lipinski definition) is 2. The molecule has 6 nitrogen and oxygen atoms in total. The van der Waals surface area contributed by atoms with Crippen LogP contribution in [-0.2, 0) is 11.2 Å². The first-order chi connectivity index (χ1) is 12.1. The Balaban J connectivity index is 1.71. The van der Waals surface area contributed by atoms with Gasteiger partial charge in [0.25, 0.3) is 5.91 Å². The molecule has 0 saturated heterocycles. The highest BCUT2D eigenvalue weighted by molar-refractivity contribution is 5.96. The van der Waals surface area contributed by atoms with Crippen molar-refractivity contribution in [2.24, 2.45) is 0 Å². The number of pyridine rings is 1. The maximum atomic E-state index is 12.8. The minimum atomic E-state index is -0.429. The van der Waals surface area contributed by atoms with E-state index in [1.807, 2.05) is 19.1 Å². The van der Waals surface area contributed by atoms with Crippen LogP contribution in [-0.4, -0.2) is 36.5 Å². The summed E-state index contributed by atoms with van der Waals surface area (Å²) < 4.78 is 18.1. The number of hydrogen-bond acceptors (Lipinski definition) is 4. The molecular weight excluding hydrogens is 325 g/mol. The smallest absolute Gasteiger partial charge is 0.251 e. The second-order valence-corrected chi connectivity index (χ2v) is 5.19. The zero-order valence-electron chi connectivity index (χ0n) is 13.9. The summed E-state index contributed by atoms with van der Waals surface area (Å²) in [6.07, 6.45) is 0.554. The lowest BCUT2D eigenvalue weighted by molar-refractivity contribution is -0.120. The number of carbonyl (C=O) groups is 2. The number of carbonyl (C=O) groups excluding carboxylic acids is 2. The zero-order chi connectivity index (χ0) is 18.1. The minimum absolute atomic E-state index is 0.150. The summed E-state index contributed by atoms with van der Waals surface area (Å²) in [5.74, 6) is -0.605. The molecule has 2 aromatic rings. The Morgan fingerprint density at radius 2 is 1.88 bits per heavy atom. The molecule has 25 heavy (non-hydrogen) atoms. The highest BCUT2D eigenvalue weighted by Gasteiger charge is 2.08. The molecule has 0 saturated carbocycles. The van der Waals surface area contributed by atoms with Crippen molar-refractivity contribution in [1.82, 2.24) is 15.6 Å². The van der Waals surface area contributed by atoms with Crippen LogP contribution in [0.4, 0.5) is 4.39 Å². The fourth-order valence-corrected chi connectivity index (χ4v) is 2.08. The molecule has 0 fully saturated rings. The Morgan fingerprint density at radius 3 is 2.60 bits per heavy atom. The second kappa shape index (κ2) is 9.36. The van der Waals surface area contributed by atoms with Crippen molar-refractivity contribution in [2.75, 3.05) is 19.7 Å². The topological polar surface area (TPSA) is 80.3 Å². The van der Waals surface area contributed by atoms with Gasteiger partial charge in [-0.25, -0.2) is 9.37 Å². The number of ether oxygens (including phenoxy) is 1. The molecule has 0 radical (unpaired) electrons. The van der Waals surface area contributed by atoms with Crippen molar-refractivity contribution in [2.45, 2.75) is 13.3 Å². The van der Waals surface area contributed by atoms with Crippen LogP contribution in [0, 0.1) is 5.82 Å². The highest BCUT2D eigenvalue weighted by atomic mass is 19.1. The van der Waals surface area contributed by atoms with Crippen LogP contribution >= 0.6 is 0 Å². The molecule has 0 bridgehead atoms. The monoisotopic (exact) mass is 345 g/mol. The molecule has 0 aliphatic rings. The molecule has 1 aromatic heterocycles. The van der Waals surface area contributed by atoms with Crippen LogP contribution in [0.3, 0.4) is 0 Å². The average Bonchev–Trinajstić information content (AvgIpc) is 2.61. The molecule has 132 valence electrons. The molecule has 7 heteroatoms. The maximum absolute atomic E-state index is 12.8. The molecule has 0 aliphatic heterocycles. The Hall–Kier alpha value is -2.96. The van der Waals surface area contributed by atoms with Gasteiger partial charge in [0, 0.05) is 30.3 Å². The van der Waals surface area contributed by atoms with E-state index >= 15 is 0 Å². The number of benzene rings is 1. The molecule has 2 rings (SSSR count). The summed E-state index contributed by atoms with van der Waals surface area (Å²) >= 11 is 0. The van der Waals surface area contributed by atoms with E-state index in [9.17, 15) is 14.0 Å². The Kier molecular flexibility index (Phi) is 6.88. The summed E-state index contributed by atoms with van der Waals surface area (Å²) in [5, 5.41) is 5.19. The molecule has 0 spiro atoms. The van der Waals surface area contributed by atoms with E-state index in [2.05, 4.69) is 15.6 Å². The first-order valence-electron chi connectivity index (χ1n) is 7.97. The van der Waals surface area contributed by atoms with Gasteiger partial charge < -0.3 is 15.4 Å². The van der Waals surface area contributed by atoms with Crippen LogP contribution in [0.2, 0.25) is 0 Å². The first kappa shape index (κ1) is 18.4. The van der Waals surface area contributed by atoms with Gasteiger partial charge in [-0.2, -0.15) is 0 Å². The van der Waals surface area contributed by atoms with Gasteiger partial charge in [-0.3, -0.25) is 9.59 Å².